The molecule has 0 fully saturated rings. The van der Waals surface area contributed by atoms with Crippen LogP contribution in [0.1, 0.15) is 22.2 Å². The first-order valence-corrected chi connectivity index (χ1v) is 5.85. The third-order valence-corrected chi connectivity index (χ3v) is 2.61. The smallest absolute Gasteiger partial charge is 0.355 e. The first-order valence-electron chi connectivity index (χ1n) is 4.62. The number of aromatic carboxylic acids is 1. The molecule has 2 unspecified atom stereocenters. The van der Waals surface area contributed by atoms with Crippen LogP contribution in [0.3, 0.4) is 0 Å². The van der Waals surface area contributed by atoms with Gasteiger partial charge in [0.15, 0.2) is 10.9 Å². The summed E-state index contributed by atoms with van der Waals surface area (Å²) in [6.07, 6.45) is -0.204. The van der Waals surface area contributed by atoms with E-state index in [2.05, 4.69) is 9.97 Å². The number of aliphatic hydroxyl groups excluding tert-OH is 3. The van der Waals surface area contributed by atoms with Crippen LogP contribution in [0.15, 0.2) is 11.4 Å². The molecule has 7 nitrogen and oxygen atoms in total. The number of carbonyl (C=O) groups is 1. The maximum Gasteiger partial charge on any atom is 0.355 e. The zero-order valence-electron chi connectivity index (χ0n) is 8.94. The number of carboxylic acid groups (broad SMARTS) is 1. The van der Waals surface area contributed by atoms with Crippen LogP contribution in [0.25, 0.3) is 0 Å². The van der Waals surface area contributed by atoms with E-state index in [4.69, 9.17) is 10.2 Å². The fourth-order valence-corrected chi connectivity index (χ4v) is 1.51. The second-order valence-corrected chi connectivity index (χ2v) is 3.93. The Bertz CT molecular complexity index is 414. The monoisotopic (exact) mass is 260 g/mol. The van der Waals surface area contributed by atoms with Gasteiger partial charge in [0.1, 0.15) is 12.2 Å². The predicted molar refractivity (Wildman–Crippen MR) is 58.8 cm³/mol. The van der Waals surface area contributed by atoms with Crippen LogP contribution in [-0.4, -0.2) is 55.3 Å². The highest BCUT2D eigenvalue weighted by Gasteiger charge is 2.25. The molecule has 0 aliphatic carbocycles. The molecule has 1 rings (SSSR count). The summed E-state index contributed by atoms with van der Waals surface area (Å²) in [5.41, 5.74) is -0.513. The Kier molecular flexibility index (Phi) is 4.82. The average molecular weight is 260 g/mol. The van der Waals surface area contributed by atoms with Gasteiger partial charge in [-0.2, -0.15) is 0 Å². The summed E-state index contributed by atoms with van der Waals surface area (Å²) >= 11 is 1.16. The van der Waals surface area contributed by atoms with E-state index in [0.29, 0.717) is 0 Å². The van der Waals surface area contributed by atoms with E-state index in [-0.39, 0.29) is 16.4 Å². The molecule has 0 bridgehead atoms. The van der Waals surface area contributed by atoms with Gasteiger partial charge in [-0.1, -0.05) is 11.8 Å². The molecule has 4 N–H and O–H groups in total. The molecule has 2 atom stereocenters. The summed E-state index contributed by atoms with van der Waals surface area (Å²) in [6, 6.07) is 0. The lowest BCUT2D eigenvalue weighted by molar-refractivity contribution is -0.0162. The summed E-state index contributed by atoms with van der Waals surface area (Å²) < 4.78 is 0. The lowest BCUT2D eigenvalue weighted by Gasteiger charge is -2.16. The van der Waals surface area contributed by atoms with Crippen molar-refractivity contribution in [1.29, 1.82) is 0 Å². The van der Waals surface area contributed by atoms with E-state index >= 15 is 0 Å². The molecule has 17 heavy (non-hydrogen) atoms. The number of carboxylic acids is 1. The van der Waals surface area contributed by atoms with E-state index < -0.39 is 24.8 Å². The fourth-order valence-electron chi connectivity index (χ4n) is 1.17. The van der Waals surface area contributed by atoms with E-state index in [1.54, 1.807) is 6.26 Å². The third-order valence-electron chi connectivity index (χ3n) is 2.05. The minimum Gasteiger partial charge on any atom is -0.476 e. The zero-order valence-corrected chi connectivity index (χ0v) is 9.76. The van der Waals surface area contributed by atoms with Gasteiger partial charge in [0, 0.05) is 11.8 Å². The number of aliphatic hydroxyl groups is 3. The largest absolute Gasteiger partial charge is 0.476 e. The molecule has 94 valence electrons. The minimum absolute atomic E-state index is 0.128. The van der Waals surface area contributed by atoms with E-state index in [0.717, 1.165) is 18.0 Å². The maximum atomic E-state index is 11.0. The van der Waals surface area contributed by atoms with Gasteiger partial charge in [0.2, 0.25) is 0 Å². The summed E-state index contributed by atoms with van der Waals surface area (Å²) in [5, 5.41) is 36.8. The van der Waals surface area contributed by atoms with Crippen molar-refractivity contribution < 1.29 is 25.2 Å². The molecule has 0 aliphatic rings. The zero-order chi connectivity index (χ0) is 13.0. The van der Waals surface area contributed by atoms with Gasteiger partial charge in [0.25, 0.3) is 0 Å². The van der Waals surface area contributed by atoms with Crippen molar-refractivity contribution in [2.45, 2.75) is 17.4 Å². The maximum absolute atomic E-state index is 11.0. The Hall–Kier alpha value is -1.22. The summed E-state index contributed by atoms with van der Waals surface area (Å²) in [5.74, 6) is -1.33. The van der Waals surface area contributed by atoms with Gasteiger partial charge in [-0.05, 0) is 6.26 Å². The van der Waals surface area contributed by atoms with Gasteiger partial charge in [-0.25, -0.2) is 14.8 Å². The molecule has 1 aromatic rings. The van der Waals surface area contributed by atoms with Crippen molar-refractivity contribution in [1.82, 2.24) is 9.97 Å². The Morgan fingerprint density at radius 2 is 2.18 bits per heavy atom. The Labute approximate surface area is 101 Å². The van der Waals surface area contributed by atoms with Crippen molar-refractivity contribution in [3.05, 3.63) is 17.5 Å². The van der Waals surface area contributed by atoms with Crippen molar-refractivity contribution in [3.63, 3.8) is 0 Å². The van der Waals surface area contributed by atoms with Crippen LogP contribution < -0.4 is 0 Å². The molecule has 0 saturated heterocycles. The first-order chi connectivity index (χ1) is 8.01. The summed E-state index contributed by atoms with van der Waals surface area (Å²) in [6.45, 7) is -0.690. The van der Waals surface area contributed by atoms with E-state index in [9.17, 15) is 15.0 Å². The predicted octanol–water partition coefficient (Wildman–Crippen LogP) is -0.717. The molecule has 0 aliphatic heterocycles. The van der Waals surface area contributed by atoms with Gasteiger partial charge >= 0.3 is 5.97 Å². The molecule has 0 saturated carbocycles. The molecule has 8 heteroatoms. The normalized spacial score (nSPS) is 14.4. The van der Waals surface area contributed by atoms with Gasteiger partial charge in [-0.3, -0.25) is 0 Å². The molecular weight excluding hydrogens is 248 g/mol. The second kappa shape index (κ2) is 5.92. The molecule has 0 spiro atoms. The average Bonchev–Trinajstić information content (AvgIpc) is 2.35. The number of hydrogen-bond donors (Lipinski definition) is 4. The quantitative estimate of drug-likeness (QED) is 0.404. The van der Waals surface area contributed by atoms with Crippen LogP contribution in [0.4, 0.5) is 0 Å². The molecule has 0 radical (unpaired) electrons. The molecule has 1 heterocycles. The summed E-state index contributed by atoms with van der Waals surface area (Å²) in [4.78, 5) is 18.5. The molecule has 0 aromatic carbocycles. The lowest BCUT2D eigenvalue weighted by Crippen LogP contribution is -2.24. The highest BCUT2D eigenvalue weighted by Crippen LogP contribution is 2.21. The minimum atomic E-state index is -1.54. The third kappa shape index (κ3) is 3.13. The van der Waals surface area contributed by atoms with Crippen LogP contribution >= 0.6 is 11.8 Å². The number of thioether (sulfide) groups is 1. The van der Waals surface area contributed by atoms with Crippen molar-refractivity contribution >= 4 is 17.7 Å². The van der Waals surface area contributed by atoms with Crippen molar-refractivity contribution in [3.8, 4) is 0 Å². The van der Waals surface area contributed by atoms with Crippen LogP contribution in [0.2, 0.25) is 0 Å². The van der Waals surface area contributed by atoms with Crippen LogP contribution in [0.5, 0.6) is 0 Å². The number of hydrogen-bond acceptors (Lipinski definition) is 7. The standard InChI is InChI=1S/C9H12N2O5S/c1-17-9-10-2-4(6(11-9)8(15)16)7(14)5(13)3-12/h2,5,7,12-14H,3H2,1H3,(H,15,16). The van der Waals surface area contributed by atoms with Gasteiger partial charge in [-0.15, -0.1) is 0 Å². The number of rotatable bonds is 5. The Morgan fingerprint density at radius 3 is 2.65 bits per heavy atom. The highest BCUT2D eigenvalue weighted by molar-refractivity contribution is 7.98. The molecular formula is C9H12N2O5S. The van der Waals surface area contributed by atoms with Crippen molar-refractivity contribution in [2.75, 3.05) is 12.9 Å². The molecule has 0 amide bonds. The molecule has 1 aromatic heterocycles. The van der Waals surface area contributed by atoms with Crippen molar-refractivity contribution in [2.24, 2.45) is 0 Å². The SMILES string of the molecule is CSc1ncc(C(O)C(O)CO)c(C(=O)O)n1. The fraction of sp³-hybridized carbons (Fsp3) is 0.444. The first kappa shape index (κ1) is 13.8. The highest BCUT2D eigenvalue weighted by atomic mass is 32.2. The number of aromatic nitrogens is 2. The Morgan fingerprint density at radius 1 is 1.53 bits per heavy atom. The lowest BCUT2D eigenvalue weighted by atomic mass is 10.1. The number of nitrogens with zero attached hydrogens (tertiary/aromatic N) is 2. The van der Waals surface area contributed by atoms with Gasteiger partial charge in [0.05, 0.1) is 6.61 Å². The summed E-state index contributed by atoms with van der Waals surface area (Å²) in [7, 11) is 0. The van der Waals surface area contributed by atoms with E-state index in [1.807, 2.05) is 0 Å². The van der Waals surface area contributed by atoms with Crippen LogP contribution in [-0.2, 0) is 0 Å². The van der Waals surface area contributed by atoms with Gasteiger partial charge < -0.3 is 20.4 Å². The van der Waals surface area contributed by atoms with Crippen LogP contribution in [0, 0.1) is 0 Å². The Balaban J connectivity index is 3.18. The topological polar surface area (TPSA) is 124 Å². The second-order valence-electron chi connectivity index (χ2n) is 3.16. The van der Waals surface area contributed by atoms with E-state index in [1.165, 1.54) is 0 Å².